The molecule has 37 heavy (non-hydrogen) atoms. The summed E-state index contributed by atoms with van der Waals surface area (Å²) >= 11 is 0. The van der Waals surface area contributed by atoms with Crippen molar-refractivity contribution in [3.8, 4) is 11.1 Å². The van der Waals surface area contributed by atoms with E-state index in [1.807, 2.05) is 54.6 Å². The molecule has 2 atom stereocenters. The lowest BCUT2D eigenvalue weighted by molar-refractivity contribution is -0.149. The Kier molecular flexibility index (Phi) is 8.41. The molecule has 2 fully saturated rings. The summed E-state index contributed by atoms with van der Waals surface area (Å²) in [5.74, 6) is -2.63. The normalized spacial score (nSPS) is 19.5. The number of carbonyl (C=O) groups excluding carboxylic acids is 2. The van der Waals surface area contributed by atoms with Gasteiger partial charge < -0.3 is 15.1 Å². The zero-order valence-electron chi connectivity index (χ0n) is 21.1. The zero-order valence-corrected chi connectivity index (χ0v) is 21.1. The first-order chi connectivity index (χ1) is 17.8. The minimum Gasteiger partial charge on any atom is -0.481 e. The van der Waals surface area contributed by atoms with E-state index in [2.05, 4.69) is 0 Å². The van der Waals surface area contributed by atoms with Crippen LogP contribution in [0.25, 0.3) is 11.1 Å². The molecular weight excluding hydrogens is 470 g/mol. The van der Waals surface area contributed by atoms with Crippen LogP contribution in [0, 0.1) is 11.3 Å². The van der Waals surface area contributed by atoms with Crippen LogP contribution in [0.15, 0.2) is 54.6 Å². The highest BCUT2D eigenvalue weighted by Crippen LogP contribution is 2.44. The minimum absolute atomic E-state index is 0.0686. The molecule has 1 aliphatic heterocycles. The topological polar surface area (TPSA) is 112 Å². The van der Waals surface area contributed by atoms with Crippen molar-refractivity contribution in [3.63, 3.8) is 0 Å². The lowest BCUT2D eigenvalue weighted by Gasteiger charge is -2.29. The lowest BCUT2D eigenvalue weighted by Crippen LogP contribution is -2.41. The third kappa shape index (κ3) is 6.45. The van der Waals surface area contributed by atoms with Crippen molar-refractivity contribution in [2.45, 2.75) is 70.3 Å². The maximum absolute atomic E-state index is 13.5. The number of rotatable bonds is 11. The molecular formula is C30H35NO6. The number of carboxylic acids is 2. The summed E-state index contributed by atoms with van der Waals surface area (Å²) in [6, 6.07) is 17.2. The van der Waals surface area contributed by atoms with Crippen LogP contribution in [0.5, 0.6) is 0 Å². The van der Waals surface area contributed by atoms with Crippen LogP contribution in [0.1, 0.15) is 63.4 Å². The average molecular weight is 506 g/mol. The summed E-state index contributed by atoms with van der Waals surface area (Å²) < 4.78 is 0. The monoisotopic (exact) mass is 505 g/mol. The van der Waals surface area contributed by atoms with Crippen molar-refractivity contribution in [2.75, 3.05) is 6.54 Å². The molecule has 0 bridgehead atoms. The second kappa shape index (κ2) is 11.7. The molecule has 0 spiro atoms. The summed E-state index contributed by atoms with van der Waals surface area (Å²) in [6.07, 6.45) is 4.38. The first-order valence-corrected chi connectivity index (χ1v) is 13.2. The fourth-order valence-electron chi connectivity index (χ4n) is 6.07. The Morgan fingerprint density at radius 2 is 1.51 bits per heavy atom. The van der Waals surface area contributed by atoms with Gasteiger partial charge in [0.1, 0.15) is 11.8 Å². The van der Waals surface area contributed by atoms with Gasteiger partial charge in [-0.2, -0.15) is 0 Å². The fraction of sp³-hybridized carbons (Fsp3) is 0.467. The molecule has 2 aromatic carbocycles. The molecule has 1 heterocycles. The van der Waals surface area contributed by atoms with Gasteiger partial charge >= 0.3 is 11.9 Å². The summed E-state index contributed by atoms with van der Waals surface area (Å²) in [7, 11) is 0. The van der Waals surface area contributed by atoms with Crippen LogP contribution in [0.3, 0.4) is 0 Å². The number of aliphatic carboxylic acids is 2. The Bertz CT molecular complexity index is 1120. The lowest BCUT2D eigenvalue weighted by atomic mass is 9.74. The van der Waals surface area contributed by atoms with Gasteiger partial charge in [-0.05, 0) is 54.7 Å². The van der Waals surface area contributed by atoms with E-state index >= 15 is 0 Å². The van der Waals surface area contributed by atoms with E-state index in [4.69, 9.17) is 0 Å². The highest BCUT2D eigenvalue weighted by molar-refractivity contribution is 5.90. The average Bonchev–Trinajstić information content (AvgIpc) is 3.55. The number of Topliss-reactive ketones (excluding diaryl/α,β-unsaturated/α-hetero) is 1. The van der Waals surface area contributed by atoms with Crippen LogP contribution in [-0.4, -0.2) is 51.3 Å². The van der Waals surface area contributed by atoms with Crippen molar-refractivity contribution in [1.82, 2.24) is 4.90 Å². The highest BCUT2D eigenvalue weighted by Gasteiger charge is 2.43. The van der Waals surface area contributed by atoms with Gasteiger partial charge in [0.2, 0.25) is 5.91 Å². The fourth-order valence-corrected chi connectivity index (χ4v) is 6.07. The predicted octanol–water partition coefficient (Wildman–Crippen LogP) is 4.97. The van der Waals surface area contributed by atoms with Crippen molar-refractivity contribution in [3.05, 3.63) is 60.2 Å². The van der Waals surface area contributed by atoms with Gasteiger partial charge in [0.25, 0.3) is 0 Å². The van der Waals surface area contributed by atoms with Gasteiger partial charge in [0.15, 0.2) is 0 Å². The van der Waals surface area contributed by atoms with E-state index in [0.29, 0.717) is 38.6 Å². The van der Waals surface area contributed by atoms with Crippen LogP contribution < -0.4 is 0 Å². The summed E-state index contributed by atoms with van der Waals surface area (Å²) in [5, 5.41) is 19.0. The van der Waals surface area contributed by atoms with E-state index in [9.17, 15) is 29.4 Å². The Morgan fingerprint density at radius 3 is 2.14 bits per heavy atom. The number of ketones is 1. The van der Waals surface area contributed by atoms with Crippen molar-refractivity contribution in [2.24, 2.45) is 11.3 Å². The second-order valence-corrected chi connectivity index (χ2v) is 10.6. The molecule has 1 saturated carbocycles. The smallest absolute Gasteiger partial charge is 0.326 e. The van der Waals surface area contributed by atoms with Gasteiger partial charge in [0.05, 0.1) is 6.42 Å². The van der Waals surface area contributed by atoms with Crippen molar-refractivity contribution < 1.29 is 29.4 Å². The zero-order chi connectivity index (χ0) is 26.4. The van der Waals surface area contributed by atoms with Crippen molar-refractivity contribution >= 4 is 23.6 Å². The van der Waals surface area contributed by atoms with Crippen LogP contribution >= 0.6 is 0 Å². The number of amides is 1. The Morgan fingerprint density at radius 1 is 0.865 bits per heavy atom. The molecule has 2 aliphatic rings. The van der Waals surface area contributed by atoms with Crippen LogP contribution in [-0.2, 0) is 25.6 Å². The van der Waals surface area contributed by atoms with E-state index in [-0.39, 0.29) is 36.9 Å². The molecule has 2 N–H and O–H groups in total. The quantitative estimate of drug-likeness (QED) is 0.446. The van der Waals surface area contributed by atoms with Gasteiger partial charge in [-0.1, -0.05) is 67.4 Å². The molecule has 0 unspecified atom stereocenters. The third-order valence-corrected chi connectivity index (χ3v) is 8.02. The Balaban J connectivity index is 1.53. The third-order valence-electron chi connectivity index (χ3n) is 8.02. The van der Waals surface area contributed by atoms with Crippen molar-refractivity contribution in [1.29, 1.82) is 0 Å². The molecule has 1 aliphatic carbocycles. The van der Waals surface area contributed by atoms with E-state index in [1.165, 1.54) is 4.90 Å². The van der Waals surface area contributed by atoms with Crippen LogP contribution in [0.4, 0.5) is 0 Å². The highest BCUT2D eigenvalue weighted by atomic mass is 16.4. The van der Waals surface area contributed by atoms with Gasteiger partial charge in [-0.15, -0.1) is 0 Å². The van der Waals surface area contributed by atoms with Gasteiger partial charge in [0, 0.05) is 24.8 Å². The number of carboxylic acid groups (broad SMARTS) is 2. The summed E-state index contributed by atoms with van der Waals surface area (Å²) in [5.41, 5.74) is 2.30. The molecule has 7 heteroatoms. The van der Waals surface area contributed by atoms with Gasteiger partial charge in [-0.3, -0.25) is 14.4 Å². The molecule has 0 radical (unpaired) electrons. The molecule has 1 saturated heterocycles. The Hall–Kier alpha value is -3.48. The number of carbonyl (C=O) groups is 4. The Labute approximate surface area is 217 Å². The molecule has 4 rings (SSSR count). The SMILES string of the molecule is O=C(O)CC1(C(=O)C[C@H](CC(=O)N2CCC[C@H]2C(=O)O)Cc2ccc(-c3ccccc3)cc2)CCCC1. The predicted molar refractivity (Wildman–Crippen MR) is 139 cm³/mol. The van der Waals surface area contributed by atoms with E-state index < -0.39 is 23.4 Å². The number of hydrogen-bond acceptors (Lipinski definition) is 4. The van der Waals surface area contributed by atoms with E-state index in [0.717, 1.165) is 29.5 Å². The molecule has 7 nitrogen and oxygen atoms in total. The number of nitrogens with zero attached hydrogens (tertiary/aromatic N) is 1. The molecule has 2 aromatic rings. The molecule has 196 valence electrons. The van der Waals surface area contributed by atoms with Gasteiger partial charge in [-0.25, -0.2) is 4.79 Å². The first kappa shape index (κ1) is 26.6. The number of benzene rings is 2. The van der Waals surface area contributed by atoms with E-state index in [1.54, 1.807) is 0 Å². The number of hydrogen-bond donors (Lipinski definition) is 2. The molecule has 1 amide bonds. The maximum Gasteiger partial charge on any atom is 0.326 e. The summed E-state index contributed by atoms with van der Waals surface area (Å²) in [4.78, 5) is 51.4. The summed E-state index contributed by atoms with van der Waals surface area (Å²) in [6.45, 7) is 0.408. The number of likely N-dealkylation sites (tertiary alicyclic amines) is 1. The second-order valence-electron chi connectivity index (χ2n) is 10.6. The largest absolute Gasteiger partial charge is 0.481 e. The minimum atomic E-state index is -0.999. The molecule has 0 aromatic heterocycles. The van der Waals surface area contributed by atoms with Crippen LogP contribution in [0.2, 0.25) is 0 Å². The maximum atomic E-state index is 13.5. The standard InChI is InChI=1S/C30H35NO6/c32-26(30(20-28(34)35)14-4-5-15-30)18-22(19-27(33)31-16-6-9-25(31)29(36)37)17-21-10-12-24(13-11-21)23-7-2-1-3-8-23/h1-3,7-8,10-13,22,25H,4-6,9,14-20H2,(H,34,35)(H,36,37)/t22-,25+/m1/s1. The first-order valence-electron chi connectivity index (χ1n) is 13.2.